The molecule has 0 spiro atoms. The normalized spacial score (nSPS) is 22.1. The van der Waals surface area contributed by atoms with Gasteiger partial charge in [0, 0.05) is 30.1 Å². The van der Waals surface area contributed by atoms with E-state index in [0.717, 1.165) is 61.0 Å². The first-order valence-corrected chi connectivity index (χ1v) is 10.4. The lowest BCUT2D eigenvalue weighted by Gasteiger charge is -2.33. The number of ether oxygens (including phenoxy) is 1. The van der Waals surface area contributed by atoms with Gasteiger partial charge in [-0.2, -0.15) is 0 Å². The Kier molecular flexibility index (Phi) is 5.33. The molecule has 2 aliphatic rings. The Balaban J connectivity index is 1.44. The van der Waals surface area contributed by atoms with Crippen LogP contribution in [0.2, 0.25) is 0 Å². The Labute approximate surface area is 166 Å². The molecule has 148 valence electrons. The van der Waals surface area contributed by atoms with Gasteiger partial charge in [-0.05, 0) is 56.6 Å². The lowest BCUT2D eigenvalue weighted by Crippen LogP contribution is -2.41. The summed E-state index contributed by atoms with van der Waals surface area (Å²) in [6.07, 6.45) is 6.57. The first-order chi connectivity index (χ1) is 13.5. The van der Waals surface area contributed by atoms with Crippen molar-refractivity contribution in [3.8, 4) is 0 Å². The number of fused-ring (bicyclic) bond motifs is 1. The molecule has 0 atom stereocenters. The Bertz CT molecular complexity index is 883. The van der Waals surface area contributed by atoms with E-state index in [4.69, 9.17) is 4.74 Å². The first-order valence-electron chi connectivity index (χ1n) is 10.4. The lowest BCUT2D eigenvalue weighted by molar-refractivity contribution is -0.136. The van der Waals surface area contributed by atoms with Gasteiger partial charge in [-0.3, -0.25) is 9.78 Å². The zero-order valence-corrected chi connectivity index (χ0v) is 16.7. The molecular formula is C23H28N2O3. The fraction of sp³-hybridized carbons (Fsp3) is 0.522. The van der Waals surface area contributed by atoms with Gasteiger partial charge in [0.15, 0.2) is 6.61 Å². The summed E-state index contributed by atoms with van der Waals surface area (Å²) >= 11 is 0. The Morgan fingerprint density at radius 1 is 1.11 bits per heavy atom. The van der Waals surface area contributed by atoms with Crippen LogP contribution < -0.4 is 0 Å². The Hall–Kier alpha value is -2.43. The van der Waals surface area contributed by atoms with Gasteiger partial charge in [-0.25, -0.2) is 4.79 Å². The fourth-order valence-electron chi connectivity index (χ4n) is 4.09. The Morgan fingerprint density at radius 3 is 2.54 bits per heavy atom. The standard InChI is InChI=1S/C23H28N2O3/c1-15-7-11-17(12-8-15)25(2)22(26)14-28-23(27)19-13-21(16-9-10-16)24-20-6-4-3-5-18(19)20/h3-6,13,15-17H,7-12,14H2,1-2H3. The van der Waals surface area contributed by atoms with E-state index in [9.17, 15) is 9.59 Å². The van der Waals surface area contributed by atoms with Crippen LogP contribution in [0.25, 0.3) is 10.9 Å². The molecule has 0 saturated heterocycles. The highest BCUT2D eigenvalue weighted by Gasteiger charge is 2.28. The number of carbonyl (C=O) groups excluding carboxylic acids is 2. The molecule has 1 heterocycles. The second kappa shape index (κ2) is 7.90. The van der Waals surface area contributed by atoms with Gasteiger partial charge in [0.1, 0.15) is 0 Å². The van der Waals surface area contributed by atoms with Crippen molar-refractivity contribution in [2.24, 2.45) is 5.92 Å². The third-order valence-corrected chi connectivity index (χ3v) is 6.20. The number of hydrogen-bond acceptors (Lipinski definition) is 4. The lowest BCUT2D eigenvalue weighted by atomic mass is 9.87. The van der Waals surface area contributed by atoms with Crippen LogP contribution in [-0.4, -0.2) is 41.5 Å². The molecule has 5 nitrogen and oxygen atoms in total. The second-order valence-corrected chi connectivity index (χ2v) is 8.38. The van der Waals surface area contributed by atoms with Crippen LogP contribution >= 0.6 is 0 Å². The highest BCUT2D eigenvalue weighted by atomic mass is 16.5. The van der Waals surface area contributed by atoms with Gasteiger partial charge < -0.3 is 9.64 Å². The van der Waals surface area contributed by atoms with Crippen LogP contribution in [0, 0.1) is 5.92 Å². The van der Waals surface area contributed by atoms with Gasteiger partial charge in [0.2, 0.25) is 0 Å². The van der Waals surface area contributed by atoms with E-state index < -0.39 is 5.97 Å². The van der Waals surface area contributed by atoms with E-state index in [1.165, 1.54) is 0 Å². The smallest absolute Gasteiger partial charge is 0.339 e. The minimum absolute atomic E-state index is 0.131. The van der Waals surface area contributed by atoms with Gasteiger partial charge in [0.05, 0.1) is 11.1 Å². The van der Waals surface area contributed by atoms with Gasteiger partial charge in [-0.15, -0.1) is 0 Å². The molecule has 4 rings (SSSR count). The van der Waals surface area contributed by atoms with Crippen molar-refractivity contribution in [1.29, 1.82) is 0 Å². The molecule has 2 fully saturated rings. The van der Waals surface area contributed by atoms with Crippen molar-refractivity contribution in [2.75, 3.05) is 13.7 Å². The molecule has 0 bridgehead atoms. The summed E-state index contributed by atoms with van der Waals surface area (Å²) in [6.45, 7) is 2.05. The zero-order valence-electron chi connectivity index (χ0n) is 16.7. The predicted octanol–water partition coefficient (Wildman–Crippen LogP) is 4.31. The van der Waals surface area contributed by atoms with E-state index >= 15 is 0 Å². The maximum absolute atomic E-state index is 12.8. The summed E-state index contributed by atoms with van der Waals surface area (Å²) in [4.78, 5) is 31.8. The second-order valence-electron chi connectivity index (χ2n) is 8.38. The zero-order chi connectivity index (χ0) is 19.7. The number of pyridine rings is 1. The van der Waals surface area contributed by atoms with Gasteiger partial charge >= 0.3 is 5.97 Å². The number of hydrogen-bond donors (Lipinski definition) is 0. The van der Waals surface area contributed by atoms with Crippen molar-refractivity contribution in [3.05, 3.63) is 41.6 Å². The average molecular weight is 380 g/mol. The topological polar surface area (TPSA) is 59.5 Å². The summed E-state index contributed by atoms with van der Waals surface area (Å²) in [5, 5.41) is 0.777. The third kappa shape index (κ3) is 4.03. The van der Waals surface area contributed by atoms with Gasteiger partial charge in [-0.1, -0.05) is 25.1 Å². The number of benzene rings is 1. The number of esters is 1. The van der Waals surface area contributed by atoms with Crippen LogP contribution in [0.15, 0.2) is 30.3 Å². The summed E-state index contributed by atoms with van der Waals surface area (Å²) in [6, 6.07) is 9.71. The van der Waals surface area contributed by atoms with Crippen molar-refractivity contribution in [3.63, 3.8) is 0 Å². The number of para-hydroxylation sites is 1. The average Bonchev–Trinajstić information content (AvgIpc) is 3.56. The number of carbonyl (C=O) groups is 2. The van der Waals surface area contributed by atoms with Crippen molar-refractivity contribution in [2.45, 2.75) is 57.4 Å². The largest absolute Gasteiger partial charge is 0.452 e. The molecule has 28 heavy (non-hydrogen) atoms. The van der Waals surface area contributed by atoms with Crippen molar-refractivity contribution < 1.29 is 14.3 Å². The Morgan fingerprint density at radius 2 is 1.82 bits per heavy atom. The maximum Gasteiger partial charge on any atom is 0.339 e. The third-order valence-electron chi connectivity index (χ3n) is 6.20. The molecule has 2 aliphatic carbocycles. The minimum Gasteiger partial charge on any atom is -0.452 e. The molecule has 1 amide bonds. The van der Waals surface area contributed by atoms with Crippen LogP contribution in [0.4, 0.5) is 0 Å². The first kappa shape index (κ1) is 18.9. The molecule has 0 aliphatic heterocycles. The van der Waals surface area contributed by atoms with E-state index in [1.54, 1.807) is 4.90 Å². The van der Waals surface area contributed by atoms with Crippen LogP contribution in [0.1, 0.15) is 67.4 Å². The summed E-state index contributed by atoms with van der Waals surface area (Å²) < 4.78 is 5.43. The molecular weight excluding hydrogens is 352 g/mol. The van der Waals surface area contributed by atoms with Crippen molar-refractivity contribution in [1.82, 2.24) is 9.88 Å². The molecule has 1 aromatic carbocycles. The molecule has 0 unspecified atom stereocenters. The fourth-order valence-corrected chi connectivity index (χ4v) is 4.09. The number of amides is 1. The summed E-state index contributed by atoms with van der Waals surface area (Å²) in [7, 11) is 1.82. The predicted molar refractivity (Wildman–Crippen MR) is 108 cm³/mol. The van der Waals surface area contributed by atoms with E-state index in [-0.39, 0.29) is 18.6 Å². The van der Waals surface area contributed by atoms with E-state index in [1.807, 2.05) is 37.4 Å². The molecule has 0 radical (unpaired) electrons. The molecule has 1 aromatic heterocycles. The number of aromatic nitrogens is 1. The molecule has 0 N–H and O–H groups in total. The highest BCUT2D eigenvalue weighted by Crippen LogP contribution is 2.40. The number of rotatable bonds is 5. The minimum atomic E-state index is -0.445. The summed E-state index contributed by atoms with van der Waals surface area (Å²) in [5.74, 6) is 0.601. The van der Waals surface area contributed by atoms with Gasteiger partial charge in [0.25, 0.3) is 5.91 Å². The van der Waals surface area contributed by atoms with Crippen LogP contribution in [0.3, 0.4) is 0 Å². The molecule has 5 heteroatoms. The SMILES string of the molecule is CC1CCC(N(C)C(=O)COC(=O)c2cc(C3CC3)nc3ccccc23)CC1. The summed E-state index contributed by atoms with van der Waals surface area (Å²) in [5.41, 5.74) is 2.26. The quantitative estimate of drug-likeness (QED) is 0.726. The number of nitrogens with zero attached hydrogens (tertiary/aromatic N) is 2. The van der Waals surface area contributed by atoms with Crippen molar-refractivity contribution >= 4 is 22.8 Å². The molecule has 2 aromatic rings. The maximum atomic E-state index is 12.8. The number of likely N-dealkylation sites (N-methyl/N-ethyl adjacent to an activating group) is 1. The van der Waals surface area contributed by atoms with Crippen LogP contribution in [-0.2, 0) is 9.53 Å². The van der Waals surface area contributed by atoms with E-state index in [2.05, 4.69) is 11.9 Å². The highest BCUT2D eigenvalue weighted by molar-refractivity contribution is 6.04. The van der Waals surface area contributed by atoms with Crippen LogP contribution in [0.5, 0.6) is 0 Å². The molecule has 2 saturated carbocycles. The van der Waals surface area contributed by atoms with E-state index in [0.29, 0.717) is 11.5 Å². The monoisotopic (exact) mass is 380 g/mol.